The number of hydrogen-bond acceptors (Lipinski definition) is 2. The van der Waals surface area contributed by atoms with Crippen molar-refractivity contribution in [2.45, 2.75) is 31.6 Å². The first-order valence-electron chi connectivity index (χ1n) is 7.98. The molecule has 1 fully saturated rings. The lowest BCUT2D eigenvalue weighted by molar-refractivity contribution is 0.145. The maximum Gasteiger partial charge on any atom is 0.191 e. The highest BCUT2D eigenvalue weighted by Gasteiger charge is 2.44. The largest absolute Gasteiger partial charge is 0.382 e. The molecule has 1 saturated carbocycles. The van der Waals surface area contributed by atoms with Crippen LogP contribution in [0.1, 0.15) is 31.7 Å². The van der Waals surface area contributed by atoms with Gasteiger partial charge in [0.1, 0.15) is 5.82 Å². The molecule has 0 radical (unpaired) electrons. The van der Waals surface area contributed by atoms with Gasteiger partial charge >= 0.3 is 0 Å². The van der Waals surface area contributed by atoms with Crippen LogP contribution in [0.15, 0.2) is 29.3 Å². The van der Waals surface area contributed by atoms with Gasteiger partial charge in [-0.05, 0) is 43.9 Å². The van der Waals surface area contributed by atoms with Crippen LogP contribution >= 0.6 is 0 Å². The van der Waals surface area contributed by atoms with Gasteiger partial charge in [-0.25, -0.2) is 4.39 Å². The lowest BCUT2D eigenvalue weighted by Gasteiger charge is -2.19. The van der Waals surface area contributed by atoms with Crippen molar-refractivity contribution in [3.05, 3.63) is 35.6 Å². The molecule has 4 nitrogen and oxygen atoms in total. The van der Waals surface area contributed by atoms with Crippen molar-refractivity contribution < 1.29 is 9.13 Å². The van der Waals surface area contributed by atoms with Crippen molar-refractivity contribution >= 4 is 5.96 Å². The van der Waals surface area contributed by atoms with E-state index in [0.717, 1.165) is 57.1 Å². The topological polar surface area (TPSA) is 45.6 Å². The maximum atomic E-state index is 13.4. The van der Waals surface area contributed by atoms with Gasteiger partial charge < -0.3 is 15.4 Å². The highest BCUT2D eigenvalue weighted by Crippen LogP contribution is 2.47. The fourth-order valence-electron chi connectivity index (χ4n) is 2.54. The third-order valence-corrected chi connectivity index (χ3v) is 4.07. The molecule has 0 atom stereocenters. The quantitative estimate of drug-likeness (QED) is 0.440. The Hall–Kier alpha value is -1.62. The van der Waals surface area contributed by atoms with Gasteiger partial charge in [0.2, 0.25) is 0 Å². The lowest BCUT2D eigenvalue weighted by atomic mass is 9.96. The summed E-state index contributed by atoms with van der Waals surface area (Å²) in [5.74, 6) is 0.626. The van der Waals surface area contributed by atoms with Gasteiger partial charge in [-0.2, -0.15) is 0 Å². The average molecular weight is 307 g/mol. The number of benzene rings is 1. The second-order valence-corrected chi connectivity index (χ2v) is 5.69. The summed E-state index contributed by atoms with van der Waals surface area (Å²) in [5, 5.41) is 6.63. The summed E-state index contributed by atoms with van der Waals surface area (Å²) in [6.07, 6.45) is 3.12. The van der Waals surface area contributed by atoms with Crippen LogP contribution in [0.3, 0.4) is 0 Å². The summed E-state index contributed by atoms with van der Waals surface area (Å²) in [6, 6.07) is 6.93. The molecule has 0 spiro atoms. The van der Waals surface area contributed by atoms with Gasteiger partial charge in [0.15, 0.2) is 5.96 Å². The van der Waals surface area contributed by atoms with Gasteiger partial charge in [0, 0.05) is 38.8 Å². The second kappa shape index (κ2) is 8.13. The zero-order valence-corrected chi connectivity index (χ0v) is 13.5. The molecular formula is C17H26FN3O. The molecule has 1 aliphatic rings. The minimum atomic E-state index is -0.165. The Morgan fingerprint density at radius 2 is 2.18 bits per heavy atom. The van der Waals surface area contributed by atoms with E-state index in [4.69, 9.17) is 4.74 Å². The Morgan fingerprint density at radius 1 is 1.36 bits per heavy atom. The number of halogens is 1. The monoisotopic (exact) mass is 307 g/mol. The molecule has 1 aromatic carbocycles. The zero-order valence-electron chi connectivity index (χ0n) is 13.5. The smallest absolute Gasteiger partial charge is 0.191 e. The Morgan fingerprint density at radius 3 is 2.82 bits per heavy atom. The molecule has 0 heterocycles. The van der Waals surface area contributed by atoms with Gasteiger partial charge in [-0.3, -0.25) is 4.99 Å². The van der Waals surface area contributed by atoms with Crippen LogP contribution in [0.2, 0.25) is 0 Å². The molecule has 0 amide bonds. The van der Waals surface area contributed by atoms with Crippen molar-refractivity contribution in [3.63, 3.8) is 0 Å². The van der Waals surface area contributed by atoms with E-state index in [-0.39, 0.29) is 11.2 Å². The van der Waals surface area contributed by atoms with Gasteiger partial charge in [-0.1, -0.05) is 12.1 Å². The van der Waals surface area contributed by atoms with Crippen LogP contribution in [-0.4, -0.2) is 39.3 Å². The van der Waals surface area contributed by atoms with Crippen molar-refractivity contribution in [2.75, 3.05) is 33.4 Å². The normalized spacial score (nSPS) is 16.4. The molecule has 1 aliphatic carbocycles. The number of rotatable bonds is 8. The molecule has 1 aromatic rings. The molecule has 2 N–H and O–H groups in total. The Bertz CT molecular complexity index is 500. The number of hydrogen-bond donors (Lipinski definition) is 2. The number of guanidine groups is 1. The summed E-state index contributed by atoms with van der Waals surface area (Å²) in [6.45, 7) is 5.11. The fourth-order valence-corrected chi connectivity index (χ4v) is 2.54. The van der Waals surface area contributed by atoms with E-state index in [2.05, 4.69) is 15.6 Å². The molecule has 5 heteroatoms. The third-order valence-electron chi connectivity index (χ3n) is 4.07. The third kappa shape index (κ3) is 4.70. The van der Waals surface area contributed by atoms with Crippen molar-refractivity contribution in [2.24, 2.45) is 4.99 Å². The number of aliphatic imine (C=N–C) groups is 1. The minimum absolute atomic E-state index is 0.0606. The first kappa shape index (κ1) is 16.7. The van der Waals surface area contributed by atoms with E-state index in [0.29, 0.717) is 0 Å². The lowest BCUT2D eigenvalue weighted by Crippen LogP contribution is -2.41. The predicted molar refractivity (Wildman–Crippen MR) is 87.8 cm³/mol. The van der Waals surface area contributed by atoms with Crippen molar-refractivity contribution in [1.82, 2.24) is 10.6 Å². The van der Waals surface area contributed by atoms with Gasteiger partial charge in [0.25, 0.3) is 0 Å². The zero-order chi connectivity index (χ0) is 15.8. The molecule has 0 unspecified atom stereocenters. The molecule has 22 heavy (non-hydrogen) atoms. The first-order valence-corrected chi connectivity index (χ1v) is 7.98. The second-order valence-electron chi connectivity index (χ2n) is 5.69. The molecular weight excluding hydrogens is 281 g/mol. The van der Waals surface area contributed by atoms with Crippen LogP contribution in [0.5, 0.6) is 0 Å². The van der Waals surface area contributed by atoms with Crippen molar-refractivity contribution in [3.8, 4) is 0 Å². The maximum absolute atomic E-state index is 13.4. The van der Waals surface area contributed by atoms with E-state index >= 15 is 0 Å². The van der Waals surface area contributed by atoms with Crippen molar-refractivity contribution in [1.29, 1.82) is 0 Å². The van der Waals surface area contributed by atoms with E-state index in [1.54, 1.807) is 19.2 Å². The van der Waals surface area contributed by atoms with Crippen LogP contribution < -0.4 is 10.6 Å². The molecule has 0 aliphatic heterocycles. The Kier molecular flexibility index (Phi) is 6.19. The Balaban J connectivity index is 1.78. The van der Waals surface area contributed by atoms with Crippen LogP contribution in [0.25, 0.3) is 0 Å². The summed E-state index contributed by atoms with van der Waals surface area (Å²) in [7, 11) is 1.76. The predicted octanol–water partition coefficient (Wildman–Crippen LogP) is 2.45. The molecule has 2 rings (SSSR count). The first-order chi connectivity index (χ1) is 10.7. The number of nitrogens with one attached hydrogen (secondary N) is 2. The van der Waals surface area contributed by atoms with Gasteiger partial charge in [-0.15, -0.1) is 0 Å². The summed E-state index contributed by atoms with van der Waals surface area (Å²) < 4.78 is 18.7. The molecule has 122 valence electrons. The summed E-state index contributed by atoms with van der Waals surface area (Å²) >= 11 is 0. The molecule has 0 aromatic heterocycles. The minimum Gasteiger partial charge on any atom is -0.382 e. The molecule has 0 bridgehead atoms. The SMILES string of the molecule is CCOCCCNC(=NC)NCC1(c2cccc(F)c2)CC1. The fraction of sp³-hybridized carbons (Fsp3) is 0.588. The highest BCUT2D eigenvalue weighted by molar-refractivity contribution is 5.79. The van der Waals surface area contributed by atoms with E-state index in [1.165, 1.54) is 6.07 Å². The van der Waals surface area contributed by atoms with Crippen LogP contribution in [0, 0.1) is 5.82 Å². The number of ether oxygens (including phenoxy) is 1. The standard InChI is InChI=1S/C17H26FN3O/c1-3-22-11-5-10-20-16(19-2)21-13-17(8-9-17)14-6-4-7-15(18)12-14/h4,6-7,12H,3,5,8-11,13H2,1-2H3,(H2,19,20,21). The molecule has 0 saturated heterocycles. The Labute approximate surface area is 132 Å². The summed E-state index contributed by atoms with van der Waals surface area (Å²) in [4.78, 5) is 4.23. The van der Waals surface area contributed by atoms with E-state index in [9.17, 15) is 4.39 Å². The summed E-state index contributed by atoms with van der Waals surface area (Å²) in [5.41, 5.74) is 1.14. The highest BCUT2D eigenvalue weighted by atomic mass is 19.1. The number of nitrogens with zero attached hydrogens (tertiary/aromatic N) is 1. The van der Waals surface area contributed by atoms with E-state index < -0.39 is 0 Å². The van der Waals surface area contributed by atoms with Crippen LogP contribution in [0.4, 0.5) is 4.39 Å². The van der Waals surface area contributed by atoms with Crippen LogP contribution in [-0.2, 0) is 10.2 Å². The average Bonchev–Trinajstić information content (AvgIpc) is 3.31. The van der Waals surface area contributed by atoms with E-state index in [1.807, 2.05) is 13.0 Å². The van der Waals surface area contributed by atoms with Gasteiger partial charge in [0.05, 0.1) is 0 Å².